The normalized spacial score (nSPS) is 21.3. The lowest BCUT2D eigenvalue weighted by Gasteiger charge is -2.30. The van der Waals surface area contributed by atoms with Gasteiger partial charge in [-0.15, -0.1) is 0 Å². The minimum absolute atomic E-state index is 0.0246. The van der Waals surface area contributed by atoms with Crippen LogP contribution in [0.15, 0.2) is 41.1 Å². The number of nitrogens with zero attached hydrogens (tertiary/aromatic N) is 2. The van der Waals surface area contributed by atoms with E-state index in [-0.39, 0.29) is 37.2 Å². The molecule has 128 valence electrons. The second-order valence-corrected chi connectivity index (χ2v) is 5.63. The zero-order valence-corrected chi connectivity index (χ0v) is 12.9. The lowest BCUT2D eigenvalue weighted by atomic mass is 10.1. The summed E-state index contributed by atoms with van der Waals surface area (Å²) in [6, 6.07) is 6.93. The average Bonchev–Trinajstić information content (AvgIpc) is 3.04. The molecule has 1 aliphatic heterocycles. The van der Waals surface area contributed by atoms with Gasteiger partial charge in [0.05, 0.1) is 19.8 Å². The monoisotopic (exact) mass is 336 g/mol. The standard InChI is InChI=1S/C16H17FN2O5/c17-12-1-3-13(4-2-12)23-11-16(21)9-19(6-8-22-10-16)15(20)14-5-7-24-18-14/h1-5,7,21H,6,8-11H2. The lowest BCUT2D eigenvalue weighted by molar-refractivity contribution is -0.0621. The maximum Gasteiger partial charge on any atom is 0.276 e. The number of halogens is 1. The molecule has 1 atom stereocenters. The Hall–Kier alpha value is -2.45. The zero-order valence-electron chi connectivity index (χ0n) is 12.9. The Morgan fingerprint density at radius 2 is 2.17 bits per heavy atom. The van der Waals surface area contributed by atoms with E-state index in [1.807, 2.05) is 0 Å². The molecule has 0 spiro atoms. The fourth-order valence-corrected chi connectivity index (χ4v) is 2.41. The van der Waals surface area contributed by atoms with Gasteiger partial charge in [0.25, 0.3) is 5.91 Å². The topological polar surface area (TPSA) is 85.0 Å². The summed E-state index contributed by atoms with van der Waals surface area (Å²) in [7, 11) is 0. The fourth-order valence-electron chi connectivity index (χ4n) is 2.41. The Bertz CT molecular complexity index is 676. The van der Waals surface area contributed by atoms with Crippen molar-refractivity contribution in [3.05, 3.63) is 48.1 Å². The van der Waals surface area contributed by atoms with Gasteiger partial charge in [-0.05, 0) is 24.3 Å². The maximum atomic E-state index is 12.9. The van der Waals surface area contributed by atoms with E-state index in [2.05, 4.69) is 9.68 Å². The summed E-state index contributed by atoms with van der Waals surface area (Å²) in [4.78, 5) is 13.8. The van der Waals surface area contributed by atoms with Crippen molar-refractivity contribution in [2.75, 3.05) is 32.9 Å². The number of ether oxygens (including phenoxy) is 2. The van der Waals surface area contributed by atoms with E-state index in [4.69, 9.17) is 9.47 Å². The van der Waals surface area contributed by atoms with Gasteiger partial charge in [0.15, 0.2) is 5.69 Å². The Morgan fingerprint density at radius 3 is 2.88 bits per heavy atom. The molecule has 7 nitrogen and oxygen atoms in total. The SMILES string of the molecule is O=C(c1ccon1)N1CCOCC(O)(COc2ccc(F)cc2)C1. The van der Waals surface area contributed by atoms with E-state index in [1.54, 1.807) is 0 Å². The summed E-state index contributed by atoms with van der Waals surface area (Å²) < 4.78 is 28.5. The average molecular weight is 336 g/mol. The third-order valence-corrected chi connectivity index (χ3v) is 3.63. The summed E-state index contributed by atoms with van der Waals surface area (Å²) in [6.07, 6.45) is 1.31. The molecule has 1 saturated heterocycles. The van der Waals surface area contributed by atoms with E-state index >= 15 is 0 Å². The molecule has 3 rings (SSSR count). The number of hydrogen-bond acceptors (Lipinski definition) is 6. The van der Waals surface area contributed by atoms with Gasteiger partial charge in [0.2, 0.25) is 0 Å². The molecule has 1 aromatic carbocycles. The van der Waals surface area contributed by atoms with Crippen LogP contribution in [0.25, 0.3) is 0 Å². The first kappa shape index (κ1) is 16.4. The van der Waals surface area contributed by atoms with E-state index < -0.39 is 5.60 Å². The molecule has 24 heavy (non-hydrogen) atoms. The van der Waals surface area contributed by atoms with Crippen LogP contribution in [0.5, 0.6) is 5.75 Å². The Labute approximate surface area is 137 Å². The number of aliphatic hydroxyl groups is 1. The van der Waals surface area contributed by atoms with E-state index in [1.165, 1.54) is 41.5 Å². The predicted molar refractivity (Wildman–Crippen MR) is 80.1 cm³/mol. The Balaban J connectivity index is 1.66. The molecule has 8 heteroatoms. The first-order valence-electron chi connectivity index (χ1n) is 7.44. The molecule has 0 bridgehead atoms. The van der Waals surface area contributed by atoms with Crippen LogP contribution in [0, 0.1) is 5.82 Å². The van der Waals surface area contributed by atoms with Crippen LogP contribution < -0.4 is 4.74 Å². The van der Waals surface area contributed by atoms with Gasteiger partial charge in [-0.25, -0.2) is 4.39 Å². The van der Waals surface area contributed by atoms with Crippen molar-refractivity contribution in [3.8, 4) is 5.75 Å². The highest BCUT2D eigenvalue weighted by Crippen LogP contribution is 2.18. The number of benzene rings is 1. The molecule has 2 heterocycles. The van der Waals surface area contributed by atoms with Gasteiger partial charge in [-0.2, -0.15) is 0 Å². The van der Waals surface area contributed by atoms with E-state index in [0.29, 0.717) is 18.9 Å². The Kier molecular flexibility index (Phi) is 4.77. The summed E-state index contributed by atoms with van der Waals surface area (Å²) in [5.41, 5.74) is -1.22. The minimum Gasteiger partial charge on any atom is -0.490 e. The van der Waals surface area contributed by atoms with Crippen molar-refractivity contribution < 1.29 is 28.3 Å². The van der Waals surface area contributed by atoms with Crippen LogP contribution in [0.1, 0.15) is 10.5 Å². The van der Waals surface area contributed by atoms with Gasteiger partial charge in [-0.1, -0.05) is 5.16 Å². The van der Waals surface area contributed by atoms with Crippen LogP contribution in [-0.4, -0.2) is 59.6 Å². The molecule has 0 saturated carbocycles. The molecule has 1 N–H and O–H groups in total. The molecule has 1 unspecified atom stereocenters. The molecule has 1 fully saturated rings. The van der Waals surface area contributed by atoms with Crippen molar-refractivity contribution >= 4 is 5.91 Å². The minimum atomic E-state index is -1.38. The number of carbonyl (C=O) groups is 1. The predicted octanol–water partition coefficient (Wildman–Crippen LogP) is 1.10. The van der Waals surface area contributed by atoms with Gasteiger partial charge in [0.1, 0.15) is 30.0 Å². The van der Waals surface area contributed by atoms with Crippen molar-refractivity contribution in [1.82, 2.24) is 10.1 Å². The number of rotatable bonds is 4. The molecule has 0 aliphatic carbocycles. The van der Waals surface area contributed by atoms with Crippen molar-refractivity contribution in [1.29, 1.82) is 0 Å². The molecule has 1 aliphatic rings. The second kappa shape index (κ2) is 6.98. The van der Waals surface area contributed by atoms with Gasteiger partial charge >= 0.3 is 0 Å². The van der Waals surface area contributed by atoms with Crippen LogP contribution in [0.3, 0.4) is 0 Å². The van der Waals surface area contributed by atoms with Gasteiger partial charge in [-0.3, -0.25) is 4.79 Å². The van der Waals surface area contributed by atoms with Crippen LogP contribution in [0.2, 0.25) is 0 Å². The number of hydrogen-bond donors (Lipinski definition) is 1. The molecule has 2 aromatic rings. The number of β-amino-alcohol motifs (C(OH)–C–C–N with tert-alkyl or cyclic N) is 1. The molecule has 0 radical (unpaired) electrons. The van der Waals surface area contributed by atoms with E-state index in [9.17, 15) is 14.3 Å². The number of amides is 1. The number of aromatic nitrogens is 1. The van der Waals surface area contributed by atoms with Gasteiger partial charge in [0, 0.05) is 12.6 Å². The van der Waals surface area contributed by atoms with Crippen LogP contribution >= 0.6 is 0 Å². The summed E-state index contributed by atoms with van der Waals surface area (Å²) >= 11 is 0. The first-order valence-corrected chi connectivity index (χ1v) is 7.44. The van der Waals surface area contributed by atoms with Crippen molar-refractivity contribution in [2.45, 2.75) is 5.60 Å². The summed E-state index contributed by atoms with van der Waals surface area (Å²) in [5.74, 6) is -0.304. The fraction of sp³-hybridized carbons (Fsp3) is 0.375. The highest BCUT2D eigenvalue weighted by molar-refractivity contribution is 5.92. The smallest absolute Gasteiger partial charge is 0.276 e. The van der Waals surface area contributed by atoms with Crippen LogP contribution in [-0.2, 0) is 4.74 Å². The second-order valence-electron chi connectivity index (χ2n) is 5.63. The third kappa shape index (κ3) is 3.90. The van der Waals surface area contributed by atoms with Gasteiger partial charge < -0.3 is 24.0 Å². The highest BCUT2D eigenvalue weighted by atomic mass is 19.1. The lowest BCUT2D eigenvalue weighted by Crippen LogP contribution is -2.50. The maximum absolute atomic E-state index is 12.9. The van der Waals surface area contributed by atoms with E-state index in [0.717, 1.165) is 0 Å². The molecular formula is C16H17FN2O5. The quantitative estimate of drug-likeness (QED) is 0.900. The number of carbonyl (C=O) groups excluding carboxylic acids is 1. The van der Waals surface area contributed by atoms with Crippen molar-refractivity contribution in [2.24, 2.45) is 0 Å². The molecular weight excluding hydrogens is 319 g/mol. The first-order chi connectivity index (χ1) is 11.6. The largest absolute Gasteiger partial charge is 0.490 e. The highest BCUT2D eigenvalue weighted by Gasteiger charge is 2.36. The molecule has 1 aromatic heterocycles. The zero-order chi connectivity index (χ0) is 17.0. The Morgan fingerprint density at radius 1 is 1.38 bits per heavy atom. The van der Waals surface area contributed by atoms with Crippen molar-refractivity contribution in [3.63, 3.8) is 0 Å². The summed E-state index contributed by atoms with van der Waals surface area (Å²) in [5, 5.41) is 14.3. The third-order valence-electron chi connectivity index (χ3n) is 3.63. The summed E-state index contributed by atoms with van der Waals surface area (Å²) in [6.45, 7) is 0.574. The molecule has 1 amide bonds. The van der Waals surface area contributed by atoms with Crippen LogP contribution in [0.4, 0.5) is 4.39 Å².